The quantitative estimate of drug-likeness (QED) is 0.667. The molecule has 0 fully saturated rings. The Labute approximate surface area is 81.6 Å². The lowest BCUT2D eigenvalue weighted by Crippen LogP contribution is -1.87. The molecule has 0 aliphatic heterocycles. The Morgan fingerprint density at radius 2 is 1.83 bits per heavy atom. The van der Waals surface area contributed by atoms with Crippen LogP contribution in [-0.4, -0.2) is 7.11 Å². The summed E-state index contributed by atoms with van der Waals surface area (Å²) in [6.07, 6.45) is 0. The van der Waals surface area contributed by atoms with E-state index < -0.39 is 0 Å². The molecule has 0 atom stereocenters. The zero-order valence-electron chi connectivity index (χ0n) is 6.60. The summed E-state index contributed by atoms with van der Waals surface area (Å²) in [6.45, 7) is 3.67. The van der Waals surface area contributed by atoms with Crippen molar-refractivity contribution in [2.45, 2.75) is 0 Å². The molecule has 12 heavy (non-hydrogen) atoms. The van der Waals surface area contributed by atoms with Crippen LogP contribution in [0, 0.1) is 0 Å². The van der Waals surface area contributed by atoms with E-state index in [2.05, 4.69) is 6.58 Å². The monoisotopic (exact) mass is 202 g/mol. The van der Waals surface area contributed by atoms with Gasteiger partial charge in [0.15, 0.2) is 0 Å². The minimum Gasteiger partial charge on any atom is -0.497 e. The Morgan fingerprint density at radius 3 is 2.25 bits per heavy atom. The number of halogens is 2. The van der Waals surface area contributed by atoms with Crippen molar-refractivity contribution in [3.63, 3.8) is 0 Å². The molecule has 0 heterocycles. The fourth-order valence-electron chi connectivity index (χ4n) is 0.866. The molecule has 0 unspecified atom stereocenters. The lowest BCUT2D eigenvalue weighted by Gasteiger charge is -2.07. The van der Waals surface area contributed by atoms with Crippen molar-refractivity contribution in [2.75, 3.05) is 7.11 Å². The lowest BCUT2D eigenvalue weighted by molar-refractivity contribution is 0.371. The van der Waals surface area contributed by atoms with Crippen LogP contribution in [0.1, 0.15) is 5.56 Å². The first kappa shape index (κ1) is 9.43. The predicted octanol–water partition coefficient (Wildman–Crippen LogP) is 3.61. The molecule has 1 rings (SSSR count). The smallest absolute Gasteiger partial charge is 0.121 e. The molecule has 0 aliphatic carbocycles. The van der Waals surface area contributed by atoms with Crippen LogP contribution in [0.15, 0.2) is 24.8 Å². The standard InChI is InChI=1S/C9H8Cl2O/c1-6(12-2)9-7(10)4-3-5-8(9)11/h3-5H,1H2,2H3. The van der Waals surface area contributed by atoms with Crippen molar-refractivity contribution in [3.8, 4) is 0 Å². The average molecular weight is 203 g/mol. The summed E-state index contributed by atoms with van der Waals surface area (Å²) < 4.78 is 4.93. The molecular weight excluding hydrogens is 195 g/mol. The third-order valence-electron chi connectivity index (χ3n) is 1.49. The fraction of sp³-hybridized carbons (Fsp3) is 0.111. The minimum absolute atomic E-state index is 0.477. The van der Waals surface area contributed by atoms with E-state index in [9.17, 15) is 0 Å². The molecule has 1 aromatic rings. The molecule has 0 saturated carbocycles. The molecule has 0 bridgehead atoms. The summed E-state index contributed by atoms with van der Waals surface area (Å²) in [5.74, 6) is 0.477. The van der Waals surface area contributed by atoms with Gasteiger partial charge in [-0.3, -0.25) is 0 Å². The summed E-state index contributed by atoms with van der Waals surface area (Å²) in [5.41, 5.74) is 0.656. The molecule has 0 aromatic heterocycles. The minimum atomic E-state index is 0.477. The molecule has 0 radical (unpaired) electrons. The Bertz CT molecular complexity index is 287. The van der Waals surface area contributed by atoms with Crippen molar-refractivity contribution in [1.82, 2.24) is 0 Å². The topological polar surface area (TPSA) is 9.23 Å². The fourth-order valence-corrected chi connectivity index (χ4v) is 1.47. The number of ether oxygens (including phenoxy) is 1. The van der Waals surface area contributed by atoms with Crippen molar-refractivity contribution in [3.05, 3.63) is 40.4 Å². The highest BCUT2D eigenvalue weighted by Crippen LogP contribution is 2.29. The summed E-state index contributed by atoms with van der Waals surface area (Å²) in [6, 6.07) is 5.26. The second-order valence-electron chi connectivity index (χ2n) is 2.22. The number of rotatable bonds is 2. The van der Waals surface area contributed by atoms with E-state index in [0.717, 1.165) is 0 Å². The second kappa shape index (κ2) is 3.83. The molecule has 0 spiro atoms. The van der Waals surface area contributed by atoms with Crippen LogP contribution in [0.5, 0.6) is 0 Å². The van der Waals surface area contributed by atoms with Crippen molar-refractivity contribution in [2.24, 2.45) is 0 Å². The zero-order valence-corrected chi connectivity index (χ0v) is 8.12. The first-order valence-electron chi connectivity index (χ1n) is 3.34. The second-order valence-corrected chi connectivity index (χ2v) is 3.04. The third-order valence-corrected chi connectivity index (χ3v) is 2.12. The average Bonchev–Trinajstić information content (AvgIpc) is 2.03. The van der Waals surface area contributed by atoms with Crippen LogP contribution in [0.2, 0.25) is 10.0 Å². The molecule has 0 aliphatic rings. The number of hydrogen-bond donors (Lipinski definition) is 0. The SMILES string of the molecule is C=C(OC)c1c(Cl)cccc1Cl. The van der Waals surface area contributed by atoms with E-state index in [1.54, 1.807) is 18.2 Å². The van der Waals surface area contributed by atoms with Gasteiger partial charge in [-0.05, 0) is 12.1 Å². The largest absolute Gasteiger partial charge is 0.497 e. The number of hydrogen-bond acceptors (Lipinski definition) is 1. The van der Waals surface area contributed by atoms with Crippen LogP contribution in [0.25, 0.3) is 5.76 Å². The predicted molar refractivity (Wildman–Crippen MR) is 52.5 cm³/mol. The normalized spacial score (nSPS) is 9.58. The van der Waals surface area contributed by atoms with Gasteiger partial charge in [-0.25, -0.2) is 0 Å². The number of methoxy groups -OCH3 is 1. The van der Waals surface area contributed by atoms with Gasteiger partial charge in [0, 0.05) is 0 Å². The molecule has 0 saturated heterocycles. The van der Waals surface area contributed by atoms with Gasteiger partial charge < -0.3 is 4.74 Å². The van der Waals surface area contributed by atoms with Gasteiger partial charge in [-0.1, -0.05) is 35.8 Å². The van der Waals surface area contributed by atoms with Gasteiger partial charge in [-0.2, -0.15) is 0 Å². The molecule has 1 nitrogen and oxygen atoms in total. The summed E-state index contributed by atoms with van der Waals surface area (Å²) in [5, 5.41) is 1.10. The zero-order chi connectivity index (χ0) is 9.14. The highest BCUT2D eigenvalue weighted by molar-refractivity contribution is 6.37. The molecule has 0 amide bonds. The number of benzene rings is 1. The van der Waals surface area contributed by atoms with E-state index in [4.69, 9.17) is 27.9 Å². The maximum absolute atomic E-state index is 5.88. The van der Waals surface area contributed by atoms with Gasteiger partial charge in [0.1, 0.15) is 5.76 Å². The van der Waals surface area contributed by atoms with Crippen LogP contribution >= 0.6 is 23.2 Å². The van der Waals surface area contributed by atoms with E-state index in [-0.39, 0.29) is 0 Å². The van der Waals surface area contributed by atoms with E-state index in [1.165, 1.54) is 7.11 Å². The molecule has 1 aromatic carbocycles. The summed E-state index contributed by atoms with van der Waals surface area (Å²) in [4.78, 5) is 0. The highest BCUT2D eigenvalue weighted by atomic mass is 35.5. The third kappa shape index (κ3) is 1.74. The Hall–Kier alpha value is -0.660. The van der Waals surface area contributed by atoms with E-state index >= 15 is 0 Å². The Morgan fingerprint density at radius 1 is 1.33 bits per heavy atom. The first-order chi connectivity index (χ1) is 5.66. The van der Waals surface area contributed by atoms with Crippen LogP contribution in [0.4, 0.5) is 0 Å². The summed E-state index contributed by atoms with van der Waals surface area (Å²) in [7, 11) is 1.53. The lowest BCUT2D eigenvalue weighted by atomic mass is 10.2. The summed E-state index contributed by atoms with van der Waals surface area (Å²) >= 11 is 11.8. The van der Waals surface area contributed by atoms with Crippen molar-refractivity contribution in [1.29, 1.82) is 0 Å². The van der Waals surface area contributed by atoms with Gasteiger partial charge in [-0.15, -0.1) is 0 Å². The van der Waals surface area contributed by atoms with Crippen LogP contribution in [-0.2, 0) is 4.74 Å². The van der Waals surface area contributed by atoms with E-state index in [0.29, 0.717) is 21.4 Å². The molecule has 3 heteroatoms. The van der Waals surface area contributed by atoms with E-state index in [1.807, 2.05) is 0 Å². The van der Waals surface area contributed by atoms with Crippen molar-refractivity contribution < 1.29 is 4.74 Å². The molecule has 0 N–H and O–H groups in total. The van der Waals surface area contributed by atoms with Gasteiger partial charge in [0.25, 0.3) is 0 Å². The maximum Gasteiger partial charge on any atom is 0.121 e. The van der Waals surface area contributed by atoms with Crippen molar-refractivity contribution >= 4 is 29.0 Å². The first-order valence-corrected chi connectivity index (χ1v) is 4.09. The van der Waals surface area contributed by atoms with Gasteiger partial charge >= 0.3 is 0 Å². The molecule has 64 valence electrons. The Balaban J connectivity index is 3.21. The van der Waals surface area contributed by atoms with Crippen LogP contribution < -0.4 is 0 Å². The maximum atomic E-state index is 5.88. The van der Waals surface area contributed by atoms with Crippen LogP contribution in [0.3, 0.4) is 0 Å². The highest BCUT2D eigenvalue weighted by Gasteiger charge is 2.08. The van der Waals surface area contributed by atoms with Gasteiger partial charge in [0.2, 0.25) is 0 Å². The molecular formula is C9H8Cl2O. The Kier molecular flexibility index (Phi) is 3.01. The van der Waals surface area contributed by atoms with Gasteiger partial charge in [0.05, 0.1) is 22.7 Å².